The molecule has 0 radical (unpaired) electrons. The Hall–Kier alpha value is -2.50. The highest BCUT2D eigenvalue weighted by Crippen LogP contribution is 2.27. The van der Waals surface area contributed by atoms with Gasteiger partial charge in [-0.25, -0.2) is 14.4 Å². The van der Waals surface area contributed by atoms with Crippen LogP contribution in [0.1, 0.15) is 22.4 Å². The van der Waals surface area contributed by atoms with Crippen LogP contribution < -0.4 is 5.32 Å². The minimum absolute atomic E-state index is 0.263. The van der Waals surface area contributed by atoms with Gasteiger partial charge in [0.2, 0.25) is 5.95 Å². The molecular weight excluding hydrogens is 363 g/mol. The van der Waals surface area contributed by atoms with Gasteiger partial charge in [-0.2, -0.15) is 0 Å². The third-order valence-corrected chi connectivity index (χ3v) is 5.09. The monoisotopic (exact) mass is 382 g/mol. The first-order valence-corrected chi connectivity index (χ1v) is 9.31. The molecule has 0 unspecified atom stereocenters. The van der Waals surface area contributed by atoms with Crippen molar-refractivity contribution in [3.8, 4) is 0 Å². The smallest absolute Gasteiger partial charge is 0.228 e. The lowest BCUT2D eigenvalue weighted by molar-refractivity contribution is 0.243. The van der Waals surface area contributed by atoms with Gasteiger partial charge in [0.1, 0.15) is 11.0 Å². The highest BCUT2D eigenvalue weighted by molar-refractivity contribution is 6.30. The van der Waals surface area contributed by atoms with Crippen molar-refractivity contribution in [3.05, 3.63) is 81.9 Å². The van der Waals surface area contributed by atoms with Crippen LogP contribution in [0.15, 0.2) is 48.5 Å². The summed E-state index contributed by atoms with van der Waals surface area (Å²) in [4.78, 5) is 11.4. The van der Waals surface area contributed by atoms with Crippen LogP contribution in [0.4, 0.5) is 16.0 Å². The van der Waals surface area contributed by atoms with E-state index in [1.165, 1.54) is 17.7 Å². The number of anilines is 2. The molecule has 4 rings (SSSR count). The molecule has 0 amide bonds. The van der Waals surface area contributed by atoms with Gasteiger partial charge in [-0.3, -0.25) is 4.90 Å². The first kappa shape index (κ1) is 17.9. The van der Waals surface area contributed by atoms with Gasteiger partial charge in [0.05, 0.1) is 5.69 Å². The molecule has 4 nitrogen and oxygen atoms in total. The van der Waals surface area contributed by atoms with E-state index in [9.17, 15) is 4.39 Å². The number of halogens is 2. The number of aromatic nitrogens is 2. The zero-order valence-electron chi connectivity index (χ0n) is 15.0. The first-order chi connectivity index (χ1) is 13.1. The Morgan fingerprint density at radius 1 is 1.15 bits per heavy atom. The van der Waals surface area contributed by atoms with Crippen LogP contribution in [0, 0.1) is 12.7 Å². The molecule has 0 bridgehead atoms. The summed E-state index contributed by atoms with van der Waals surface area (Å²) in [6.45, 7) is 4.38. The van der Waals surface area contributed by atoms with E-state index in [4.69, 9.17) is 11.6 Å². The zero-order valence-corrected chi connectivity index (χ0v) is 15.8. The normalized spacial score (nSPS) is 14.0. The van der Waals surface area contributed by atoms with Gasteiger partial charge in [-0.1, -0.05) is 41.9 Å². The van der Waals surface area contributed by atoms with Gasteiger partial charge in [-0.05, 0) is 36.2 Å². The number of fused-ring (bicyclic) bond motifs is 1. The SMILES string of the molecule is Cc1cc(F)ccc1Nc1nc(Cl)c2c(n1)CCN(Cc1ccccc1)C2. The fraction of sp³-hybridized carbons (Fsp3) is 0.238. The van der Waals surface area contributed by atoms with Crippen molar-refractivity contribution in [2.24, 2.45) is 0 Å². The highest BCUT2D eigenvalue weighted by atomic mass is 35.5. The van der Waals surface area contributed by atoms with E-state index in [1.807, 2.05) is 13.0 Å². The Morgan fingerprint density at radius 2 is 1.96 bits per heavy atom. The first-order valence-electron chi connectivity index (χ1n) is 8.93. The lowest BCUT2D eigenvalue weighted by atomic mass is 10.1. The van der Waals surface area contributed by atoms with E-state index in [2.05, 4.69) is 44.5 Å². The molecule has 0 saturated carbocycles. The van der Waals surface area contributed by atoms with E-state index in [-0.39, 0.29) is 5.82 Å². The van der Waals surface area contributed by atoms with Crippen molar-refractivity contribution in [2.75, 3.05) is 11.9 Å². The lowest BCUT2D eigenvalue weighted by Crippen LogP contribution is -2.31. The predicted octanol–water partition coefficient (Wildman–Crippen LogP) is 4.88. The van der Waals surface area contributed by atoms with Crippen LogP contribution >= 0.6 is 11.6 Å². The van der Waals surface area contributed by atoms with Crippen molar-refractivity contribution < 1.29 is 4.39 Å². The average Bonchev–Trinajstić information content (AvgIpc) is 2.65. The van der Waals surface area contributed by atoms with Gasteiger partial charge in [-0.15, -0.1) is 0 Å². The molecular formula is C21H20ClFN4. The van der Waals surface area contributed by atoms with Crippen molar-refractivity contribution in [3.63, 3.8) is 0 Å². The maximum atomic E-state index is 13.3. The molecule has 27 heavy (non-hydrogen) atoms. The third kappa shape index (κ3) is 4.10. The summed E-state index contributed by atoms with van der Waals surface area (Å²) in [5.74, 6) is 0.186. The molecule has 6 heteroatoms. The maximum Gasteiger partial charge on any atom is 0.228 e. The fourth-order valence-corrected chi connectivity index (χ4v) is 3.60. The van der Waals surface area contributed by atoms with Crippen LogP contribution in [-0.4, -0.2) is 21.4 Å². The molecule has 0 atom stereocenters. The molecule has 0 aliphatic carbocycles. The minimum atomic E-state index is -0.263. The van der Waals surface area contributed by atoms with E-state index in [0.717, 1.165) is 48.6 Å². The quantitative estimate of drug-likeness (QED) is 0.653. The summed E-state index contributed by atoms with van der Waals surface area (Å²) >= 11 is 6.47. The standard InChI is InChI=1S/C21H20ClFN4/c1-14-11-16(23)7-8-18(14)24-21-25-19-9-10-27(13-17(19)20(22)26-21)12-15-5-3-2-4-6-15/h2-8,11H,9-10,12-13H2,1H3,(H,24,25,26). The summed E-state index contributed by atoms with van der Waals surface area (Å²) in [5.41, 5.74) is 4.81. The number of rotatable bonds is 4. The number of nitrogens with one attached hydrogen (secondary N) is 1. The molecule has 2 aromatic carbocycles. The van der Waals surface area contributed by atoms with Gasteiger partial charge in [0, 0.05) is 37.3 Å². The topological polar surface area (TPSA) is 41.1 Å². The van der Waals surface area contributed by atoms with Crippen LogP contribution in [0.2, 0.25) is 5.15 Å². The largest absolute Gasteiger partial charge is 0.324 e. The van der Waals surface area contributed by atoms with E-state index < -0.39 is 0 Å². The maximum absolute atomic E-state index is 13.3. The molecule has 1 aromatic heterocycles. The number of hydrogen-bond acceptors (Lipinski definition) is 4. The molecule has 138 valence electrons. The second-order valence-electron chi connectivity index (χ2n) is 6.79. The van der Waals surface area contributed by atoms with Crippen LogP contribution in [0.5, 0.6) is 0 Å². The van der Waals surface area contributed by atoms with Gasteiger partial charge in [0.25, 0.3) is 0 Å². The third-order valence-electron chi connectivity index (χ3n) is 4.77. The molecule has 3 aromatic rings. The molecule has 0 fully saturated rings. The number of aryl methyl sites for hydroxylation is 1. The second kappa shape index (κ2) is 7.62. The zero-order chi connectivity index (χ0) is 18.8. The summed E-state index contributed by atoms with van der Waals surface area (Å²) < 4.78 is 13.3. The molecule has 1 aliphatic rings. The fourth-order valence-electron chi connectivity index (χ4n) is 3.35. The van der Waals surface area contributed by atoms with Gasteiger partial charge < -0.3 is 5.32 Å². The summed E-state index contributed by atoms with van der Waals surface area (Å²) in [5, 5.41) is 3.63. The number of nitrogens with zero attached hydrogens (tertiary/aromatic N) is 3. The summed E-state index contributed by atoms with van der Waals surface area (Å²) in [6.07, 6.45) is 0.821. The average molecular weight is 383 g/mol. The Morgan fingerprint density at radius 3 is 2.74 bits per heavy atom. The van der Waals surface area contributed by atoms with Crippen LogP contribution in [0.3, 0.4) is 0 Å². The molecule has 1 aliphatic heterocycles. The molecule has 2 heterocycles. The van der Waals surface area contributed by atoms with Gasteiger partial charge in [0.15, 0.2) is 0 Å². The van der Waals surface area contributed by atoms with Crippen molar-refractivity contribution in [1.29, 1.82) is 0 Å². The molecule has 0 spiro atoms. The Labute approximate surface area is 163 Å². The van der Waals surface area contributed by atoms with Crippen molar-refractivity contribution >= 4 is 23.2 Å². The number of hydrogen-bond donors (Lipinski definition) is 1. The van der Waals surface area contributed by atoms with E-state index >= 15 is 0 Å². The number of benzene rings is 2. The second-order valence-corrected chi connectivity index (χ2v) is 7.15. The van der Waals surface area contributed by atoms with Crippen LogP contribution in [-0.2, 0) is 19.5 Å². The molecule has 1 N–H and O–H groups in total. The Kier molecular flexibility index (Phi) is 5.05. The summed E-state index contributed by atoms with van der Waals surface area (Å²) in [6, 6.07) is 15.0. The van der Waals surface area contributed by atoms with Crippen molar-refractivity contribution in [2.45, 2.75) is 26.4 Å². The predicted molar refractivity (Wildman–Crippen MR) is 106 cm³/mol. The highest BCUT2D eigenvalue weighted by Gasteiger charge is 2.22. The Balaban J connectivity index is 1.52. The Bertz CT molecular complexity index is 962. The minimum Gasteiger partial charge on any atom is -0.324 e. The van der Waals surface area contributed by atoms with Crippen LogP contribution in [0.25, 0.3) is 0 Å². The molecule has 0 saturated heterocycles. The summed E-state index contributed by atoms with van der Waals surface area (Å²) in [7, 11) is 0. The van der Waals surface area contributed by atoms with E-state index in [0.29, 0.717) is 11.1 Å². The van der Waals surface area contributed by atoms with Crippen molar-refractivity contribution in [1.82, 2.24) is 14.9 Å². The van der Waals surface area contributed by atoms with E-state index in [1.54, 1.807) is 6.07 Å². The lowest BCUT2D eigenvalue weighted by Gasteiger charge is -2.28. The van der Waals surface area contributed by atoms with Gasteiger partial charge >= 0.3 is 0 Å².